The second kappa shape index (κ2) is 5.47. The van der Waals surface area contributed by atoms with E-state index in [1.165, 1.54) is 0 Å². The average molecular weight is 310 g/mol. The molecule has 2 aromatic rings. The summed E-state index contributed by atoms with van der Waals surface area (Å²) in [6.45, 7) is 4.26. The average Bonchev–Trinajstić information content (AvgIpc) is 2.99. The number of hydrogen-bond acceptors (Lipinski definition) is 5. The van der Waals surface area contributed by atoms with Gasteiger partial charge in [0.1, 0.15) is 11.8 Å². The maximum absolute atomic E-state index is 6.41. The van der Waals surface area contributed by atoms with Crippen LogP contribution in [0.4, 0.5) is 0 Å². The molecule has 1 saturated heterocycles. The first kappa shape index (κ1) is 14.4. The number of piperidine rings is 1. The van der Waals surface area contributed by atoms with Crippen molar-refractivity contribution in [3.63, 3.8) is 0 Å². The largest absolute Gasteiger partial charge is 0.342 e. The normalized spacial score (nSPS) is 28.2. The van der Waals surface area contributed by atoms with E-state index in [4.69, 9.17) is 5.73 Å². The van der Waals surface area contributed by atoms with Crippen LogP contribution in [-0.2, 0) is 0 Å². The van der Waals surface area contributed by atoms with Crippen molar-refractivity contribution in [2.24, 2.45) is 10.7 Å². The number of nitrogens with one attached hydrogen (secondary N) is 1. The van der Waals surface area contributed by atoms with Gasteiger partial charge >= 0.3 is 0 Å². The number of rotatable bonds is 2. The number of aromatic nitrogens is 2. The molecule has 6 nitrogen and oxygen atoms in total. The van der Waals surface area contributed by atoms with E-state index in [0.29, 0.717) is 0 Å². The molecular weight excluding hydrogens is 288 g/mol. The molecule has 2 aliphatic heterocycles. The highest BCUT2D eigenvalue weighted by Gasteiger charge is 2.39. The molecule has 0 radical (unpaired) electrons. The highest BCUT2D eigenvalue weighted by molar-refractivity contribution is 5.76. The van der Waals surface area contributed by atoms with Crippen LogP contribution in [-0.4, -0.2) is 45.3 Å². The maximum atomic E-state index is 6.41. The van der Waals surface area contributed by atoms with Crippen LogP contribution in [0.2, 0.25) is 0 Å². The number of hydrogen-bond donors (Lipinski definition) is 2. The minimum atomic E-state index is -0.228. The van der Waals surface area contributed by atoms with Crippen LogP contribution in [0, 0.1) is 0 Å². The van der Waals surface area contributed by atoms with E-state index in [2.05, 4.69) is 31.5 Å². The van der Waals surface area contributed by atoms with Crippen molar-refractivity contribution in [1.29, 1.82) is 0 Å². The van der Waals surface area contributed by atoms with Crippen molar-refractivity contribution < 1.29 is 0 Å². The number of imidazole rings is 1. The van der Waals surface area contributed by atoms with Crippen LogP contribution in [0.15, 0.2) is 41.8 Å². The third-order valence-corrected chi connectivity index (χ3v) is 4.83. The molecule has 3 N–H and O–H groups in total. The lowest BCUT2D eigenvalue weighted by Gasteiger charge is -2.49. The molecule has 1 fully saturated rings. The fourth-order valence-corrected chi connectivity index (χ4v) is 3.70. The molecule has 0 saturated carbocycles. The van der Waals surface area contributed by atoms with Gasteiger partial charge in [-0.25, -0.2) is 4.98 Å². The molecule has 6 heteroatoms. The molecule has 0 bridgehead atoms. The van der Waals surface area contributed by atoms with Gasteiger partial charge in [0.05, 0.1) is 29.3 Å². The summed E-state index contributed by atoms with van der Waals surface area (Å²) in [5.74, 6) is 0. The molecule has 0 aliphatic carbocycles. The summed E-state index contributed by atoms with van der Waals surface area (Å²) in [6, 6.07) is 6.01. The van der Waals surface area contributed by atoms with Crippen LogP contribution in [0.3, 0.4) is 0 Å². The van der Waals surface area contributed by atoms with Gasteiger partial charge in [-0.2, -0.15) is 0 Å². The van der Waals surface area contributed by atoms with Crippen LogP contribution in [0.1, 0.15) is 25.5 Å². The van der Waals surface area contributed by atoms with Gasteiger partial charge in [-0.15, -0.1) is 0 Å². The second-order valence-electron chi connectivity index (χ2n) is 6.52. The number of aliphatic imine (C=N–C) groups is 1. The predicted octanol–water partition coefficient (Wildman–Crippen LogP) is 1.45. The van der Waals surface area contributed by atoms with Gasteiger partial charge in [0.25, 0.3) is 0 Å². The molecule has 2 aliphatic rings. The Morgan fingerprint density at radius 2 is 2.30 bits per heavy atom. The highest BCUT2D eigenvalue weighted by Crippen LogP contribution is 2.34. The fraction of sp³-hybridized carbons (Fsp3) is 0.412. The SMILES string of the molecule is CC1(N2C(c3cnc4ccccn34)=CN=CC2N)CCCNC1. The Hall–Kier alpha value is -2.18. The van der Waals surface area contributed by atoms with Gasteiger partial charge in [0, 0.05) is 19.0 Å². The maximum Gasteiger partial charge on any atom is 0.137 e. The molecule has 23 heavy (non-hydrogen) atoms. The first-order valence-corrected chi connectivity index (χ1v) is 8.11. The van der Waals surface area contributed by atoms with Gasteiger partial charge < -0.3 is 16.0 Å². The molecule has 2 unspecified atom stereocenters. The van der Waals surface area contributed by atoms with Crippen molar-refractivity contribution in [3.05, 3.63) is 42.5 Å². The lowest BCUT2D eigenvalue weighted by molar-refractivity contribution is 0.123. The molecular formula is C17H22N6. The monoisotopic (exact) mass is 310 g/mol. The molecule has 4 rings (SSSR count). The zero-order valence-corrected chi connectivity index (χ0v) is 13.3. The van der Waals surface area contributed by atoms with E-state index < -0.39 is 0 Å². The minimum absolute atomic E-state index is 0.0329. The molecule has 2 aromatic heterocycles. The van der Waals surface area contributed by atoms with Gasteiger partial charge in [-0.3, -0.25) is 9.39 Å². The van der Waals surface area contributed by atoms with Crippen molar-refractivity contribution in [3.8, 4) is 0 Å². The fourth-order valence-electron chi connectivity index (χ4n) is 3.70. The van der Waals surface area contributed by atoms with Crippen LogP contribution < -0.4 is 11.1 Å². The van der Waals surface area contributed by atoms with E-state index in [0.717, 1.165) is 43.0 Å². The van der Waals surface area contributed by atoms with E-state index >= 15 is 0 Å². The smallest absolute Gasteiger partial charge is 0.137 e. The third kappa shape index (κ3) is 2.34. The zero-order chi connectivity index (χ0) is 15.9. The van der Waals surface area contributed by atoms with Gasteiger partial charge in [-0.05, 0) is 38.4 Å². The quantitative estimate of drug-likeness (QED) is 0.881. The molecule has 0 spiro atoms. The highest BCUT2D eigenvalue weighted by atomic mass is 15.3. The first-order chi connectivity index (χ1) is 11.2. The van der Waals surface area contributed by atoms with Crippen molar-refractivity contribution >= 4 is 17.6 Å². The summed E-state index contributed by atoms with van der Waals surface area (Å²) in [5.41, 5.74) is 9.37. The number of pyridine rings is 1. The Morgan fingerprint density at radius 3 is 3.13 bits per heavy atom. The summed E-state index contributed by atoms with van der Waals surface area (Å²) >= 11 is 0. The molecule has 2 atom stereocenters. The third-order valence-electron chi connectivity index (χ3n) is 4.83. The summed E-state index contributed by atoms with van der Waals surface area (Å²) in [5, 5.41) is 3.50. The summed E-state index contributed by atoms with van der Waals surface area (Å²) in [7, 11) is 0. The van der Waals surface area contributed by atoms with Crippen molar-refractivity contribution in [2.45, 2.75) is 31.5 Å². The van der Waals surface area contributed by atoms with Gasteiger partial charge in [0.15, 0.2) is 0 Å². The minimum Gasteiger partial charge on any atom is -0.342 e. The number of nitrogens with zero attached hydrogens (tertiary/aromatic N) is 4. The Balaban J connectivity index is 1.81. The van der Waals surface area contributed by atoms with Crippen LogP contribution in [0.25, 0.3) is 11.3 Å². The Bertz CT molecular complexity index is 768. The van der Waals surface area contributed by atoms with E-state index in [1.807, 2.05) is 43.0 Å². The van der Waals surface area contributed by atoms with Gasteiger partial charge in [-0.1, -0.05) is 6.07 Å². The second-order valence-corrected chi connectivity index (χ2v) is 6.52. The van der Waals surface area contributed by atoms with E-state index in [1.54, 1.807) is 0 Å². The van der Waals surface area contributed by atoms with Crippen molar-refractivity contribution in [1.82, 2.24) is 19.6 Å². The number of nitrogens with two attached hydrogens (primary N) is 1. The standard InChI is InChI=1S/C17H22N6/c1-17(6-4-7-19-12-17)23-14(9-20-11-15(23)18)13-10-21-16-5-2-3-8-22(13)16/h2-3,5,8-11,15,19H,4,6-7,12,18H2,1H3. The summed E-state index contributed by atoms with van der Waals surface area (Å²) in [4.78, 5) is 11.2. The van der Waals surface area contributed by atoms with E-state index in [-0.39, 0.29) is 11.7 Å². The predicted molar refractivity (Wildman–Crippen MR) is 92.0 cm³/mol. The first-order valence-electron chi connectivity index (χ1n) is 8.11. The lowest BCUT2D eigenvalue weighted by Crippen LogP contribution is -2.61. The Morgan fingerprint density at radius 1 is 1.39 bits per heavy atom. The molecule has 0 aromatic carbocycles. The number of fused-ring (bicyclic) bond motifs is 1. The van der Waals surface area contributed by atoms with Crippen LogP contribution >= 0.6 is 0 Å². The van der Waals surface area contributed by atoms with Crippen LogP contribution in [0.5, 0.6) is 0 Å². The summed E-state index contributed by atoms with van der Waals surface area (Å²) < 4.78 is 2.09. The topological polar surface area (TPSA) is 71.0 Å². The lowest BCUT2D eigenvalue weighted by atomic mass is 9.88. The zero-order valence-electron chi connectivity index (χ0n) is 13.3. The van der Waals surface area contributed by atoms with Gasteiger partial charge in [0.2, 0.25) is 0 Å². The van der Waals surface area contributed by atoms with E-state index in [9.17, 15) is 0 Å². The summed E-state index contributed by atoms with van der Waals surface area (Å²) in [6.07, 6.45) is 9.68. The Kier molecular flexibility index (Phi) is 3.43. The molecule has 0 amide bonds. The molecule has 120 valence electrons. The van der Waals surface area contributed by atoms with Crippen molar-refractivity contribution in [2.75, 3.05) is 13.1 Å². The molecule has 4 heterocycles. The Labute approximate surface area is 135 Å².